The highest BCUT2D eigenvalue weighted by Gasteiger charge is 2.11. The van der Waals surface area contributed by atoms with Crippen molar-refractivity contribution in [2.45, 2.75) is 11.8 Å². The molecule has 0 aliphatic heterocycles. The van der Waals surface area contributed by atoms with Crippen LogP contribution in [0.3, 0.4) is 0 Å². The van der Waals surface area contributed by atoms with Gasteiger partial charge >= 0.3 is 0 Å². The number of rotatable bonds is 5. The summed E-state index contributed by atoms with van der Waals surface area (Å²) in [5, 5.41) is 5.04. The van der Waals surface area contributed by atoms with Crippen molar-refractivity contribution < 1.29 is 4.74 Å². The molecule has 2 heterocycles. The highest BCUT2D eigenvalue weighted by atomic mass is 32.2. The van der Waals surface area contributed by atoms with E-state index in [1.165, 1.54) is 9.60 Å². The molecule has 2 aromatic carbocycles. The smallest absolute Gasteiger partial charge is 0.190 e. The van der Waals surface area contributed by atoms with Gasteiger partial charge in [0.15, 0.2) is 10.3 Å². The van der Waals surface area contributed by atoms with E-state index in [4.69, 9.17) is 4.74 Å². The van der Waals surface area contributed by atoms with Crippen LogP contribution in [0.25, 0.3) is 20.4 Å². The molecule has 4 rings (SSSR count). The van der Waals surface area contributed by atoms with Crippen molar-refractivity contribution in [1.29, 1.82) is 0 Å². The number of thioether (sulfide) groups is 1. The molecular formula is C17H15N3OS3. The Balaban J connectivity index is 1.67. The minimum absolute atomic E-state index is 0.634. The van der Waals surface area contributed by atoms with Gasteiger partial charge in [0.05, 0.1) is 21.5 Å². The number of nitrogens with one attached hydrogen (secondary N) is 1. The van der Waals surface area contributed by atoms with Crippen LogP contribution in [0.2, 0.25) is 0 Å². The lowest BCUT2D eigenvalue weighted by molar-refractivity contribution is 0.344. The molecule has 0 atom stereocenters. The topological polar surface area (TPSA) is 47.0 Å². The quantitative estimate of drug-likeness (QED) is 0.450. The first-order valence-electron chi connectivity index (χ1n) is 7.51. The van der Waals surface area contributed by atoms with E-state index in [0.29, 0.717) is 6.61 Å². The zero-order valence-electron chi connectivity index (χ0n) is 13.2. The van der Waals surface area contributed by atoms with Crippen LogP contribution in [0.15, 0.2) is 41.3 Å². The molecule has 2 aromatic heterocycles. The summed E-state index contributed by atoms with van der Waals surface area (Å²) in [7, 11) is 0. The van der Waals surface area contributed by atoms with Crippen molar-refractivity contribution in [3.8, 4) is 5.75 Å². The molecule has 0 saturated carbocycles. The second-order valence-corrected chi connectivity index (χ2v) is 7.97. The molecule has 4 aromatic rings. The van der Waals surface area contributed by atoms with E-state index in [2.05, 4.69) is 45.8 Å². The van der Waals surface area contributed by atoms with Crippen LogP contribution in [0.5, 0.6) is 5.75 Å². The van der Waals surface area contributed by atoms with E-state index < -0.39 is 0 Å². The van der Waals surface area contributed by atoms with E-state index in [0.717, 1.165) is 31.7 Å². The number of benzene rings is 2. The van der Waals surface area contributed by atoms with Gasteiger partial charge in [0, 0.05) is 4.90 Å². The van der Waals surface area contributed by atoms with Crippen LogP contribution in [0, 0.1) is 0 Å². The van der Waals surface area contributed by atoms with E-state index >= 15 is 0 Å². The lowest BCUT2D eigenvalue weighted by Gasteiger charge is -2.01. The summed E-state index contributed by atoms with van der Waals surface area (Å²) in [5.41, 5.74) is 1.91. The molecule has 122 valence electrons. The van der Waals surface area contributed by atoms with E-state index in [-0.39, 0.29) is 0 Å². The van der Waals surface area contributed by atoms with Crippen molar-refractivity contribution in [3.05, 3.63) is 36.4 Å². The average Bonchev–Trinajstić information content (AvgIpc) is 3.17. The fraction of sp³-hybridized carbons (Fsp3) is 0.176. The van der Waals surface area contributed by atoms with Gasteiger partial charge in [-0.05, 0) is 43.5 Å². The molecule has 0 radical (unpaired) electrons. The number of hydrogen-bond donors (Lipinski definition) is 1. The Labute approximate surface area is 151 Å². The molecular weight excluding hydrogens is 358 g/mol. The third-order valence-corrected chi connectivity index (χ3v) is 6.09. The number of anilines is 2. The first-order chi connectivity index (χ1) is 11.8. The van der Waals surface area contributed by atoms with Crippen LogP contribution in [0.1, 0.15) is 6.92 Å². The SMILES string of the molecule is CCOc1cccc2sc(Nc3nc4ccc(SC)cc4s3)nc12. The maximum absolute atomic E-state index is 5.66. The molecule has 4 nitrogen and oxygen atoms in total. The Morgan fingerprint density at radius 1 is 1.08 bits per heavy atom. The summed E-state index contributed by atoms with van der Waals surface area (Å²) < 4.78 is 7.94. The Hall–Kier alpha value is -1.83. The van der Waals surface area contributed by atoms with Crippen molar-refractivity contribution in [3.63, 3.8) is 0 Å². The number of hydrogen-bond acceptors (Lipinski definition) is 7. The molecule has 0 bridgehead atoms. The third-order valence-electron chi connectivity index (χ3n) is 3.49. The number of thiazole rings is 2. The van der Waals surface area contributed by atoms with Gasteiger partial charge in [0.1, 0.15) is 11.3 Å². The number of nitrogens with zero attached hydrogens (tertiary/aromatic N) is 2. The minimum Gasteiger partial charge on any atom is -0.492 e. The summed E-state index contributed by atoms with van der Waals surface area (Å²) in [6.07, 6.45) is 2.08. The fourth-order valence-corrected chi connectivity index (χ4v) is 4.79. The van der Waals surface area contributed by atoms with Crippen LogP contribution in [-0.4, -0.2) is 22.8 Å². The van der Waals surface area contributed by atoms with Crippen molar-refractivity contribution in [2.75, 3.05) is 18.2 Å². The van der Waals surface area contributed by atoms with Gasteiger partial charge in [-0.25, -0.2) is 9.97 Å². The molecule has 0 aliphatic carbocycles. The molecule has 0 aliphatic rings. The average molecular weight is 374 g/mol. The largest absolute Gasteiger partial charge is 0.492 e. The number of ether oxygens (including phenoxy) is 1. The van der Waals surface area contributed by atoms with Gasteiger partial charge < -0.3 is 10.1 Å². The second-order valence-electron chi connectivity index (χ2n) is 5.03. The monoisotopic (exact) mass is 373 g/mol. The van der Waals surface area contributed by atoms with Gasteiger partial charge in [-0.15, -0.1) is 11.8 Å². The Morgan fingerprint density at radius 3 is 2.75 bits per heavy atom. The lowest BCUT2D eigenvalue weighted by Crippen LogP contribution is -1.92. The molecule has 0 fully saturated rings. The second kappa shape index (κ2) is 6.58. The standard InChI is InChI=1S/C17H15N3OS3/c1-3-21-12-5-4-6-13-15(12)19-17(23-13)20-16-18-11-8-7-10(22-2)9-14(11)24-16/h4-9H,3H2,1-2H3,(H,18,19,20). The molecule has 0 saturated heterocycles. The minimum atomic E-state index is 0.634. The van der Waals surface area contributed by atoms with Crippen molar-refractivity contribution >= 4 is 65.1 Å². The molecule has 1 N–H and O–H groups in total. The van der Waals surface area contributed by atoms with E-state index in [9.17, 15) is 0 Å². The fourth-order valence-electron chi connectivity index (χ4n) is 2.43. The Morgan fingerprint density at radius 2 is 1.92 bits per heavy atom. The highest BCUT2D eigenvalue weighted by Crippen LogP contribution is 2.36. The molecule has 24 heavy (non-hydrogen) atoms. The van der Waals surface area contributed by atoms with Crippen LogP contribution < -0.4 is 10.1 Å². The number of fused-ring (bicyclic) bond motifs is 2. The van der Waals surface area contributed by atoms with Gasteiger partial charge in [-0.3, -0.25) is 0 Å². The van der Waals surface area contributed by atoms with Gasteiger partial charge in [0.25, 0.3) is 0 Å². The predicted octanol–water partition coefficient (Wildman–Crippen LogP) is 5.77. The van der Waals surface area contributed by atoms with E-state index in [1.807, 2.05) is 19.1 Å². The maximum Gasteiger partial charge on any atom is 0.190 e. The number of aromatic nitrogens is 2. The lowest BCUT2D eigenvalue weighted by atomic mass is 10.3. The van der Waals surface area contributed by atoms with Crippen LogP contribution in [0.4, 0.5) is 10.3 Å². The van der Waals surface area contributed by atoms with Crippen molar-refractivity contribution in [2.24, 2.45) is 0 Å². The first-order valence-corrected chi connectivity index (χ1v) is 10.4. The number of para-hydroxylation sites is 1. The van der Waals surface area contributed by atoms with Gasteiger partial charge in [-0.2, -0.15) is 0 Å². The maximum atomic E-state index is 5.66. The zero-order valence-corrected chi connectivity index (χ0v) is 15.6. The van der Waals surface area contributed by atoms with Crippen molar-refractivity contribution in [1.82, 2.24) is 9.97 Å². The zero-order chi connectivity index (χ0) is 16.5. The highest BCUT2D eigenvalue weighted by molar-refractivity contribution is 7.98. The summed E-state index contributed by atoms with van der Waals surface area (Å²) in [4.78, 5) is 10.6. The molecule has 0 unspecified atom stereocenters. The first kappa shape index (κ1) is 15.7. The third kappa shape index (κ3) is 2.94. The summed E-state index contributed by atoms with van der Waals surface area (Å²) in [6, 6.07) is 12.4. The Bertz CT molecular complexity index is 1010. The summed E-state index contributed by atoms with van der Waals surface area (Å²) >= 11 is 5.00. The summed E-state index contributed by atoms with van der Waals surface area (Å²) in [5.74, 6) is 0.827. The Kier molecular flexibility index (Phi) is 4.30. The van der Waals surface area contributed by atoms with Crippen LogP contribution in [-0.2, 0) is 0 Å². The van der Waals surface area contributed by atoms with Gasteiger partial charge in [0.2, 0.25) is 0 Å². The predicted molar refractivity (Wildman–Crippen MR) is 105 cm³/mol. The summed E-state index contributed by atoms with van der Waals surface area (Å²) in [6.45, 7) is 2.61. The molecule has 7 heteroatoms. The normalized spacial score (nSPS) is 11.2. The van der Waals surface area contributed by atoms with Crippen LogP contribution >= 0.6 is 34.4 Å². The molecule has 0 spiro atoms. The molecule has 0 amide bonds. The van der Waals surface area contributed by atoms with E-state index in [1.54, 1.807) is 34.4 Å². The van der Waals surface area contributed by atoms with Gasteiger partial charge in [-0.1, -0.05) is 28.7 Å².